The van der Waals surface area contributed by atoms with E-state index in [2.05, 4.69) is 9.97 Å². The van der Waals surface area contributed by atoms with Crippen LogP contribution >= 0.6 is 11.8 Å². The summed E-state index contributed by atoms with van der Waals surface area (Å²) in [6, 6.07) is 8.19. The maximum absolute atomic E-state index is 10.8. The molecule has 7 heteroatoms. The Morgan fingerprint density at radius 1 is 1.14 bits per heavy atom. The Balaban J connectivity index is 1.67. The third-order valence-corrected chi connectivity index (χ3v) is 3.59. The van der Waals surface area contributed by atoms with Crippen LogP contribution in [0.5, 0.6) is 5.75 Å². The molecule has 0 N–H and O–H groups in total. The molecule has 2 aromatic rings. The molecular formula is C14H15N3O3S. The van der Waals surface area contributed by atoms with Crippen LogP contribution in [0, 0.1) is 10.1 Å². The van der Waals surface area contributed by atoms with Crippen molar-refractivity contribution in [1.82, 2.24) is 9.97 Å². The highest BCUT2D eigenvalue weighted by molar-refractivity contribution is 7.99. The molecule has 21 heavy (non-hydrogen) atoms. The van der Waals surface area contributed by atoms with Crippen LogP contribution in [0.1, 0.15) is 12.8 Å². The molecule has 6 nitrogen and oxygen atoms in total. The first kappa shape index (κ1) is 15.2. The minimum absolute atomic E-state index is 0.00422. The lowest BCUT2D eigenvalue weighted by Gasteiger charge is -2.06. The molecule has 0 atom stereocenters. The summed E-state index contributed by atoms with van der Waals surface area (Å²) in [7, 11) is 0. The van der Waals surface area contributed by atoms with Gasteiger partial charge in [-0.3, -0.25) is 10.1 Å². The van der Waals surface area contributed by atoms with Gasteiger partial charge in [0.1, 0.15) is 0 Å². The van der Waals surface area contributed by atoms with Crippen molar-refractivity contribution >= 4 is 17.4 Å². The van der Waals surface area contributed by atoms with Crippen molar-refractivity contribution in [2.24, 2.45) is 0 Å². The topological polar surface area (TPSA) is 78.2 Å². The lowest BCUT2D eigenvalue weighted by molar-refractivity contribution is -0.385. The van der Waals surface area contributed by atoms with Gasteiger partial charge in [-0.2, -0.15) is 0 Å². The molecule has 0 aliphatic rings. The van der Waals surface area contributed by atoms with E-state index in [0.29, 0.717) is 12.4 Å². The Bertz CT molecular complexity index is 581. The van der Waals surface area contributed by atoms with Gasteiger partial charge in [0.2, 0.25) is 0 Å². The van der Waals surface area contributed by atoms with Crippen LogP contribution in [-0.4, -0.2) is 27.3 Å². The molecule has 0 spiro atoms. The zero-order valence-corrected chi connectivity index (χ0v) is 12.2. The average Bonchev–Trinajstić information content (AvgIpc) is 2.52. The first-order valence-corrected chi connectivity index (χ1v) is 7.52. The lowest BCUT2D eigenvalue weighted by Crippen LogP contribution is -2.01. The van der Waals surface area contributed by atoms with Gasteiger partial charge in [0.25, 0.3) is 0 Å². The standard InChI is InChI=1S/C14H15N3O3S/c18-17(19)12-6-1-2-7-13(12)20-10-3-4-11-21-14-15-8-5-9-16-14/h1-2,5-9H,3-4,10-11H2. The monoisotopic (exact) mass is 305 g/mol. The molecule has 0 radical (unpaired) electrons. The fourth-order valence-electron chi connectivity index (χ4n) is 1.64. The number of rotatable bonds is 8. The largest absolute Gasteiger partial charge is 0.487 e. The van der Waals surface area contributed by atoms with Gasteiger partial charge in [-0.1, -0.05) is 23.9 Å². The molecule has 0 aliphatic heterocycles. The fraction of sp³-hybridized carbons (Fsp3) is 0.286. The highest BCUT2D eigenvalue weighted by Gasteiger charge is 2.12. The van der Waals surface area contributed by atoms with E-state index in [1.807, 2.05) is 0 Å². The van der Waals surface area contributed by atoms with E-state index in [1.54, 1.807) is 48.4 Å². The van der Waals surface area contributed by atoms with Crippen LogP contribution in [-0.2, 0) is 0 Å². The van der Waals surface area contributed by atoms with Gasteiger partial charge < -0.3 is 4.74 Å². The number of nitrogens with zero attached hydrogens (tertiary/aromatic N) is 3. The van der Waals surface area contributed by atoms with Crippen molar-refractivity contribution in [2.45, 2.75) is 18.0 Å². The van der Waals surface area contributed by atoms with Crippen molar-refractivity contribution < 1.29 is 9.66 Å². The molecule has 0 unspecified atom stereocenters. The number of nitro groups is 1. The van der Waals surface area contributed by atoms with E-state index in [4.69, 9.17) is 4.74 Å². The first-order valence-electron chi connectivity index (χ1n) is 6.53. The highest BCUT2D eigenvalue weighted by Crippen LogP contribution is 2.26. The van der Waals surface area contributed by atoms with E-state index in [-0.39, 0.29) is 5.69 Å². The third-order valence-electron chi connectivity index (χ3n) is 2.63. The normalized spacial score (nSPS) is 10.3. The molecule has 0 bridgehead atoms. The summed E-state index contributed by atoms with van der Waals surface area (Å²) in [5, 5.41) is 11.6. The summed E-state index contributed by atoms with van der Waals surface area (Å²) in [6.07, 6.45) is 5.19. The summed E-state index contributed by atoms with van der Waals surface area (Å²) < 4.78 is 5.47. The van der Waals surface area contributed by atoms with Crippen molar-refractivity contribution in [3.63, 3.8) is 0 Å². The Morgan fingerprint density at radius 2 is 1.90 bits per heavy atom. The van der Waals surface area contributed by atoms with Crippen molar-refractivity contribution in [3.8, 4) is 5.75 Å². The van der Waals surface area contributed by atoms with E-state index >= 15 is 0 Å². The molecule has 0 fully saturated rings. The quantitative estimate of drug-likeness (QED) is 0.245. The third kappa shape index (κ3) is 5.03. The highest BCUT2D eigenvalue weighted by atomic mass is 32.2. The summed E-state index contributed by atoms with van der Waals surface area (Å²) >= 11 is 1.59. The van der Waals surface area contributed by atoms with Crippen LogP contribution in [0.3, 0.4) is 0 Å². The Labute approximate surface area is 126 Å². The second-order valence-electron chi connectivity index (χ2n) is 4.16. The Morgan fingerprint density at radius 3 is 2.67 bits per heavy atom. The second-order valence-corrected chi connectivity index (χ2v) is 5.22. The summed E-state index contributed by atoms with van der Waals surface area (Å²) in [4.78, 5) is 18.6. The maximum atomic E-state index is 10.8. The minimum Gasteiger partial charge on any atom is -0.487 e. The average molecular weight is 305 g/mol. The molecule has 0 amide bonds. The molecule has 110 valence electrons. The summed E-state index contributed by atoms with van der Waals surface area (Å²) in [5.74, 6) is 1.21. The Hall–Kier alpha value is -2.15. The van der Waals surface area contributed by atoms with Gasteiger partial charge in [0, 0.05) is 24.2 Å². The summed E-state index contributed by atoms with van der Waals surface area (Å²) in [6.45, 7) is 0.459. The van der Waals surface area contributed by atoms with E-state index in [1.165, 1.54) is 6.07 Å². The lowest BCUT2D eigenvalue weighted by atomic mass is 10.3. The van der Waals surface area contributed by atoms with Crippen molar-refractivity contribution in [3.05, 3.63) is 52.8 Å². The van der Waals surface area contributed by atoms with Gasteiger partial charge in [-0.25, -0.2) is 9.97 Å². The zero-order valence-electron chi connectivity index (χ0n) is 11.3. The molecule has 0 saturated carbocycles. The number of unbranched alkanes of at least 4 members (excludes halogenated alkanes) is 1. The molecule has 0 saturated heterocycles. The van der Waals surface area contributed by atoms with Crippen LogP contribution in [0.15, 0.2) is 47.9 Å². The number of ether oxygens (including phenoxy) is 1. The number of aromatic nitrogens is 2. The van der Waals surface area contributed by atoms with E-state index < -0.39 is 4.92 Å². The van der Waals surface area contributed by atoms with Gasteiger partial charge in [-0.05, 0) is 25.0 Å². The fourth-order valence-corrected chi connectivity index (χ4v) is 2.44. The predicted octanol–water partition coefficient (Wildman–Crippen LogP) is 3.34. The van der Waals surface area contributed by atoms with Crippen LogP contribution < -0.4 is 4.74 Å². The number of nitro benzene ring substituents is 1. The van der Waals surface area contributed by atoms with Gasteiger partial charge in [-0.15, -0.1) is 0 Å². The van der Waals surface area contributed by atoms with Crippen molar-refractivity contribution in [2.75, 3.05) is 12.4 Å². The number of hydrogen-bond acceptors (Lipinski definition) is 6. The first-order chi connectivity index (χ1) is 10.3. The van der Waals surface area contributed by atoms with Crippen LogP contribution in [0.25, 0.3) is 0 Å². The molecule has 1 aromatic carbocycles. The molecule has 2 rings (SSSR count). The van der Waals surface area contributed by atoms with Gasteiger partial charge in [0.15, 0.2) is 10.9 Å². The minimum atomic E-state index is -0.433. The maximum Gasteiger partial charge on any atom is 0.310 e. The number of hydrogen-bond donors (Lipinski definition) is 0. The van der Waals surface area contributed by atoms with Gasteiger partial charge >= 0.3 is 5.69 Å². The van der Waals surface area contributed by atoms with Crippen LogP contribution in [0.4, 0.5) is 5.69 Å². The molecular weight excluding hydrogens is 290 g/mol. The molecule has 1 heterocycles. The summed E-state index contributed by atoms with van der Waals surface area (Å²) in [5.41, 5.74) is 0.00422. The number of thioether (sulfide) groups is 1. The van der Waals surface area contributed by atoms with Gasteiger partial charge in [0.05, 0.1) is 11.5 Å². The van der Waals surface area contributed by atoms with Crippen molar-refractivity contribution in [1.29, 1.82) is 0 Å². The molecule has 0 aliphatic carbocycles. The van der Waals surface area contributed by atoms with E-state index in [9.17, 15) is 10.1 Å². The smallest absolute Gasteiger partial charge is 0.310 e. The van der Waals surface area contributed by atoms with E-state index in [0.717, 1.165) is 23.8 Å². The second kappa shape index (κ2) is 8.21. The van der Waals surface area contributed by atoms with Crippen LogP contribution in [0.2, 0.25) is 0 Å². The zero-order chi connectivity index (χ0) is 14.9. The Kier molecular flexibility index (Phi) is 5.96. The SMILES string of the molecule is O=[N+]([O-])c1ccccc1OCCCCSc1ncccn1. The number of benzene rings is 1. The predicted molar refractivity (Wildman–Crippen MR) is 80.6 cm³/mol. The molecule has 1 aromatic heterocycles. The number of para-hydroxylation sites is 2.